The molecule has 1 N–H and O–H groups in total. The lowest BCUT2D eigenvalue weighted by Crippen LogP contribution is -2.55. The number of rotatable bonds is 3. The van der Waals surface area contributed by atoms with Crippen molar-refractivity contribution in [2.75, 3.05) is 0 Å². The average Bonchev–Trinajstić information content (AvgIpc) is 2.26. The Labute approximate surface area is 111 Å². The van der Waals surface area contributed by atoms with Crippen LogP contribution in [0.2, 0.25) is 0 Å². The molecule has 1 unspecified atom stereocenters. The van der Waals surface area contributed by atoms with E-state index in [9.17, 15) is 5.26 Å². The minimum absolute atomic E-state index is 0.381. The Morgan fingerprint density at radius 1 is 1.06 bits per heavy atom. The topological polar surface area (TPSA) is 35.8 Å². The van der Waals surface area contributed by atoms with Crippen molar-refractivity contribution in [1.29, 1.82) is 5.26 Å². The average molecular weight is 246 g/mol. The number of hydrogen-bond acceptors (Lipinski definition) is 2. The highest BCUT2D eigenvalue weighted by Crippen LogP contribution is 2.57. The molecular weight excluding hydrogens is 220 g/mol. The molecule has 100 valence electrons. The Kier molecular flexibility index (Phi) is 2.94. The lowest BCUT2D eigenvalue weighted by atomic mass is 9.50. The summed E-state index contributed by atoms with van der Waals surface area (Å²) in [5.74, 6) is 4.79. The predicted molar refractivity (Wildman–Crippen MR) is 72.8 cm³/mol. The van der Waals surface area contributed by atoms with Gasteiger partial charge in [-0.25, -0.2) is 0 Å². The van der Waals surface area contributed by atoms with E-state index in [1.54, 1.807) is 0 Å². The SMILES string of the molecule is CC(NC(C)(C)C#N)C1C2CC3CC(C2)CC1C3. The smallest absolute Gasteiger partial charge is 0.101 e. The maximum Gasteiger partial charge on any atom is 0.101 e. The van der Waals surface area contributed by atoms with Gasteiger partial charge in [0.2, 0.25) is 0 Å². The Bertz CT molecular complexity index is 338. The van der Waals surface area contributed by atoms with Crippen molar-refractivity contribution in [3.05, 3.63) is 0 Å². The van der Waals surface area contributed by atoms with Gasteiger partial charge >= 0.3 is 0 Å². The zero-order valence-corrected chi connectivity index (χ0v) is 11.9. The van der Waals surface area contributed by atoms with Gasteiger partial charge in [0.05, 0.1) is 6.07 Å². The molecule has 4 aliphatic carbocycles. The molecule has 0 aromatic heterocycles. The normalized spacial score (nSPS) is 43.8. The standard InChI is InChI=1S/C16H26N2/c1-10(18-16(2,3)9-17)15-13-5-11-4-12(7-13)8-14(15)6-11/h10-15,18H,4-8H2,1-3H3. The summed E-state index contributed by atoms with van der Waals surface area (Å²) in [4.78, 5) is 0. The van der Waals surface area contributed by atoms with Gasteiger partial charge in [0.1, 0.15) is 5.54 Å². The van der Waals surface area contributed by atoms with E-state index in [4.69, 9.17) is 0 Å². The van der Waals surface area contributed by atoms with Crippen LogP contribution in [0.1, 0.15) is 52.9 Å². The quantitative estimate of drug-likeness (QED) is 0.829. The van der Waals surface area contributed by atoms with E-state index in [1.165, 1.54) is 32.1 Å². The highest BCUT2D eigenvalue weighted by molar-refractivity contribution is 5.05. The minimum atomic E-state index is -0.381. The molecule has 4 fully saturated rings. The molecule has 0 aromatic rings. The van der Waals surface area contributed by atoms with Crippen LogP contribution in [0.25, 0.3) is 0 Å². The molecular formula is C16H26N2. The van der Waals surface area contributed by atoms with E-state index >= 15 is 0 Å². The van der Waals surface area contributed by atoms with Gasteiger partial charge in [0.15, 0.2) is 0 Å². The molecule has 2 heteroatoms. The van der Waals surface area contributed by atoms with E-state index in [-0.39, 0.29) is 5.54 Å². The van der Waals surface area contributed by atoms with Crippen molar-refractivity contribution in [1.82, 2.24) is 5.32 Å². The first-order valence-corrected chi connectivity index (χ1v) is 7.67. The van der Waals surface area contributed by atoms with E-state index in [0.29, 0.717) is 6.04 Å². The second kappa shape index (κ2) is 4.23. The first-order valence-electron chi connectivity index (χ1n) is 7.67. The van der Waals surface area contributed by atoms with Gasteiger partial charge < -0.3 is 0 Å². The highest BCUT2D eigenvalue weighted by atomic mass is 15.0. The molecule has 0 spiro atoms. The zero-order valence-electron chi connectivity index (χ0n) is 11.9. The molecule has 0 heterocycles. The van der Waals surface area contributed by atoms with Crippen LogP contribution in [0.4, 0.5) is 0 Å². The Morgan fingerprint density at radius 3 is 2.00 bits per heavy atom. The van der Waals surface area contributed by atoms with Gasteiger partial charge in [0.25, 0.3) is 0 Å². The predicted octanol–water partition coefficient (Wildman–Crippen LogP) is 3.34. The van der Waals surface area contributed by atoms with Crippen LogP contribution in [-0.4, -0.2) is 11.6 Å². The summed E-state index contributed by atoms with van der Waals surface area (Å²) in [6, 6.07) is 2.88. The largest absolute Gasteiger partial charge is 0.297 e. The lowest BCUT2D eigenvalue weighted by molar-refractivity contribution is -0.0512. The van der Waals surface area contributed by atoms with Crippen LogP contribution in [0, 0.1) is 40.9 Å². The zero-order chi connectivity index (χ0) is 12.9. The van der Waals surface area contributed by atoms with Gasteiger partial charge in [-0.2, -0.15) is 5.26 Å². The highest BCUT2D eigenvalue weighted by Gasteiger charge is 2.50. The summed E-state index contributed by atoms with van der Waals surface area (Å²) < 4.78 is 0. The second-order valence-corrected chi connectivity index (χ2v) is 7.68. The summed E-state index contributed by atoms with van der Waals surface area (Å²) in [5.41, 5.74) is -0.381. The van der Waals surface area contributed by atoms with Crippen LogP contribution >= 0.6 is 0 Å². The van der Waals surface area contributed by atoms with Gasteiger partial charge in [-0.15, -0.1) is 0 Å². The molecule has 4 saturated carbocycles. The maximum atomic E-state index is 9.18. The van der Waals surface area contributed by atoms with Crippen molar-refractivity contribution in [3.8, 4) is 6.07 Å². The van der Waals surface area contributed by atoms with Crippen molar-refractivity contribution >= 4 is 0 Å². The number of nitriles is 1. The van der Waals surface area contributed by atoms with Gasteiger partial charge in [-0.1, -0.05) is 0 Å². The molecule has 4 rings (SSSR count). The molecule has 18 heavy (non-hydrogen) atoms. The number of hydrogen-bond donors (Lipinski definition) is 1. The Balaban J connectivity index is 1.71. The summed E-state index contributed by atoms with van der Waals surface area (Å²) in [6.45, 7) is 6.31. The van der Waals surface area contributed by atoms with Crippen molar-refractivity contribution in [2.45, 2.75) is 64.5 Å². The van der Waals surface area contributed by atoms with Gasteiger partial charge in [-0.05, 0) is 82.5 Å². The summed E-state index contributed by atoms with van der Waals surface area (Å²) in [6.07, 6.45) is 7.39. The fourth-order valence-electron chi connectivity index (χ4n) is 5.48. The van der Waals surface area contributed by atoms with Crippen LogP contribution in [-0.2, 0) is 0 Å². The summed E-state index contributed by atoms with van der Waals surface area (Å²) in [7, 11) is 0. The molecule has 0 amide bonds. The van der Waals surface area contributed by atoms with E-state index in [1.807, 2.05) is 13.8 Å². The minimum Gasteiger partial charge on any atom is -0.297 e. The third kappa shape index (κ3) is 2.07. The monoisotopic (exact) mass is 246 g/mol. The van der Waals surface area contributed by atoms with Crippen molar-refractivity contribution < 1.29 is 0 Å². The van der Waals surface area contributed by atoms with E-state index in [0.717, 1.165) is 29.6 Å². The third-order valence-electron chi connectivity index (χ3n) is 5.75. The Hall–Kier alpha value is -0.550. The van der Waals surface area contributed by atoms with Gasteiger partial charge in [0, 0.05) is 6.04 Å². The molecule has 4 aliphatic rings. The number of nitrogens with one attached hydrogen (secondary N) is 1. The molecule has 0 radical (unpaired) electrons. The molecule has 2 nitrogen and oxygen atoms in total. The fraction of sp³-hybridized carbons (Fsp3) is 0.938. The van der Waals surface area contributed by atoms with Crippen LogP contribution < -0.4 is 5.32 Å². The molecule has 4 bridgehead atoms. The lowest BCUT2D eigenvalue weighted by Gasteiger charge is -2.56. The van der Waals surface area contributed by atoms with Crippen LogP contribution in [0.15, 0.2) is 0 Å². The van der Waals surface area contributed by atoms with Crippen molar-refractivity contribution in [3.63, 3.8) is 0 Å². The van der Waals surface area contributed by atoms with Crippen LogP contribution in [0.3, 0.4) is 0 Å². The number of nitrogens with zero attached hydrogens (tertiary/aromatic N) is 1. The first kappa shape index (κ1) is 12.5. The second-order valence-electron chi connectivity index (χ2n) is 7.68. The maximum absolute atomic E-state index is 9.18. The summed E-state index contributed by atoms with van der Waals surface area (Å²) >= 11 is 0. The van der Waals surface area contributed by atoms with E-state index < -0.39 is 0 Å². The fourth-order valence-corrected chi connectivity index (χ4v) is 5.48. The summed E-state index contributed by atoms with van der Waals surface area (Å²) in [5, 5.41) is 12.8. The molecule has 0 saturated heterocycles. The van der Waals surface area contributed by atoms with E-state index in [2.05, 4.69) is 18.3 Å². The molecule has 1 atom stereocenters. The molecule has 0 aliphatic heterocycles. The molecule has 0 aromatic carbocycles. The van der Waals surface area contributed by atoms with Crippen molar-refractivity contribution in [2.24, 2.45) is 29.6 Å². The Morgan fingerprint density at radius 2 is 1.56 bits per heavy atom. The van der Waals surface area contributed by atoms with Gasteiger partial charge in [-0.3, -0.25) is 5.32 Å². The van der Waals surface area contributed by atoms with Crippen LogP contribution in [0.5, 0.6) is 0 Å². The first-order chi connectivity index (χ1) is 8.48. The third-order valence-corrected chi connectivity index (χ3v) is 5.75.